The summed E-state index contributed by atoms with van der Waals surface area (Å²) in [6.45, 7) is 6.19. The van der Waals surface area contributed by atoms with E-state index >= 15 is 0 Å². The zero-order valence-corrected chi connectivity index (χ0v) is 14.8. The fraction of sp³-hybridized carbons (Fsp3) is 0.500. The van der Waals surface area contributed by atoms with Crippen LogP contribution in [0, 0.1) is 0 Å². The predicted molar refractivity (Wildman–Crippen MR) is 90.0 cm³/mol. The molecule has 2 aromatic heterocycles. The SMILES string of the molecule is CCn1ncc(Br)c1CNC(=O)c1ccc(CN2CCCC2)o1. The maximum Gasteiger partial charge on any atom is 0.287 e. The Morgan fingerprint density at radius 2 is 2.17 bits per heavy atom. The van der Waals surface area contributed by atoms with Crippen LogP contribution in [-0.4, -0.2) is 33.7 Å². The quantitative estimate of drug-likeness (QED) is 0.836. The molecule has 2 aromatic rings. The van der Waals surface area contributed by atoms with Crippen molar-refractivity contribution in [2.45, 2.75) is 39.4 Å². The van der Waals surface area contributed by atoms with Gasteiger partial charge in [0.05, 0.1) is 29.5 Å². The minimum absolute atomic E-state index is 0.201. The van der Waals surface area contributed by atoms with Gasteiger partial charge in [0.1, 0.15) is 5.76 Å². The number of hydrogen-bond donors (Lipinski definition) is 1. The summed E-state index contributed by atoms with van der Waals surface area (Å²) in [5.74, 6) is 1.00. The molecule has 0 aromatic carbocycles. The second kappa shape index (κ2) is 7.31. The van der Waals surface area contributed by atoms with Crippen LogP contribution in [0.25, 0.3) is 0 Å². The van der Waals surface area contributed by atoms with E-state index in [-0.39, 0.29) is 5.91 Å². The molecule has 0 radical (unpaired) electrons. The van der Waals surface area contributed by atoms with Crippen molar-refractivity contribution in [2.24, 2.45) is 0 Å². The van der Waals surface area contributed by atoms with Gasteiger partial charge in [0.25, 0.3) is 5.91 Å². The molecule has 1 aliphatic rings. The van der Waals surface area contributed by atoms with E-state index in [2.05, 4.69) is 31.2 Å². The first-order chi connectivity index (χ1) is 11.2. The van der Waals surface area contributed by atoms with E-state index in [9.17, 15) is 4.79 Å². The molecule has 1 fully saturated rings. The first-order valence-corrected chi connectivity index (χ1v) is 8.76. The van der Waals surface area contributed by atoms with E-state index in [1.807, 2.05) is 17.7 Å². The van der Waals surface area contributed by atoms with Crippen molar-refractivity contribution in [3.05, 3.63) is 40.0 Å². The Balaban J connectivity index is 1.57. The smallest absolute Gasteiger partial charge is 0.287 e. The maximum absolute atomic E-state index is 12.2. The molecule has 1 amide bonds. The van der Waals surface area contributed by atoms with Crippen molar-refractivity contribution in [3.63, 3.8) is 0 Å². The van der Waals surface area contributed by atoms with Crippen molar-refractivity contribution in [2.75, 3.05) is 13.1 Å². The molecular weight excluding hydrogens is 360 g/mol. The van der Waals surface area contributed by atoms with Gasteiger partial charge >= 0.3 is 0 Å². The van der Waals surface area contributed by atoms with Crippen LogP contribution in [0.1, 0.15) is 41.8 Å². The Morgan fingerprint density at radius 3 is 2.91 bits per heavy atom. The van der Waals surface area contributed by atoms with Crippen molar-refractivity contribution in [1.29, 1.82) is 0 Å². The summed E-state index contributed by atoms with van der Waals surface area (Å²) >= 11 is 3.45. The topological polar surface area (TPSA) is 63.3 Å². The lowest BCUT2D eigenvalue weighted by Crippen LogP contribution is -2.24. The van der Waals surface area contributed by atoms with Gasteiger partial charge in [-0.1, -0.05) is 0 Å². The summed E-state index contributed by atoms with van der Waals surface area (Å²) in [5, 5.41) is 7.12. The molecule has 7 heteroatoms. The number of rotatable bonds is 6. The molecule has 124 valence electrons. The van der Waals surface area contributed by atoms with Crippen LogP contribution in [0.2, 0.25) is 0 Å². The normalized spacial score (nSPS) is 15.2. The molecule has 0 aliphatic carbocycles. The Kier molecular flexibility index (Phi) is 5.17. The van der Waals surface area contributed by atoms with E-state index in [1.165, 1.54) is 12.8 Å². The van der Waals surface area contributed by atoms with Gasteiger partial charge in [0.2, 0.25) is 0 Å². The summed E-state index contributed by atoms with van der Waals surface area (Å²) in [7, 11) is 0. The van der Waals surface area contributed by atoms with Gasteiger partial charge in [-0.2, -0.15) is 5.10 Å². The van der Waals surface area contributed by atoms with Crippen LogP contribution >= 0.6 is 15.9 Å². The van der Waals surface area contributed by atoms with Gasteiger partial charge in [-0.05, 0) is 60.9 Å². The fourth-order valence-corrected chi connectivity index (χ4v) is 3.27. The average molecular weight is 381 g/mol. The molecule has 1 N–H and O–H groups in total. The summed E-state index contributed by atoms with van der Waals surface area (Å²) in [6.07, 6.45) is 4.23. The number of carbonyl (C=O) groups is 1. The highest BCUT2D eigenvalue weighted by molar-refractivity contribution is 9.10. The Hall–Kier alpha value is -1.60. The van der Waals surface area contributed by atoms with Gasteiger partial charge < -0.3 is 9.73 Å². The van der Waals surface area contributed by atoms with E-state index in [0.29, 0.717) is 12.3 Å². The number of aryl methyl sites for hydroxylation is 1. The molecule has 1 aliphatic heterocycles. The van der Waals surface area contributed by atoms with Crippen LogP contribution < -0.4 is 5.32 Å². The number of aromatic nitrogens is 2. The zero-order valence-electron chi connectivity index (χ0n) is 13.2. The Morgan fingerprint density at radius 1 is 1.39 bits per heavy atom. The number of amides is 1. The highest BCUT2D eigenvalue weighted by Gasteiger charge is 2.17. The molecule has 0 bridgehead atoms. The summed E-state index contributed by atoms with van der Waals surface area (Å²) in [5.41, 5.74) is 0.949. The van der Waals surface area contributed by atoms with Gasteiger partial charge in [0.15, 0.2) is 5.76 Å². The van der Waals surface area contributed by atoms with Crippen molar-refractivity contribution in [3.8, 4) is 0 Å². The summed E-state index contributed by atoms with van der Waals surface area (Å²) < 4.78 is 8.43. The predicted octanol–water partition coefficient (Wildman–Crippen LogP) is 2.78. The number of hydrogen-bond acceptors (Lipinski definition) is 4. The average Bonchev–Trinajstić information content (AvgIpc) is 3.27. The molecule has 0 saturated carbocycles. The number of furan rings is 1. The third-order valence-electron chi connectivity index (χ3n) is 4.08. The van der Waals surface area contributed by atoms with Crippen molar-refractivity contribution in [1.82, 2.24) is 20.0 Å². The lowest BCUT2D eigenvalue weighted by atomic mass is 10.3. The molecule has 6 nitrogen and oxygen atoms in total. The maximum atomic E-state index is 12.2. The van der Waals surface area contributed by atoms with Crippen molar-refractivity contribution < 1.29 is 9.21 Å². The minimum atomic E-state index is -0.201. The number of nitrogens with one attached hydrogen (secondary N) is 1. The van der Waals surface area contributed by atoms with Crippen LogP contribution in [0.5, 0.6) is 0 Å². The minimum Gasteiger partial charge on any atom is -0.455 e. The number of carbonyl (C=O) groups excluding carboxylic acids is 1. The third-order valence-corrected chi connectivity index (χ3v) is 4.74. The highest BCUT2D eigenvalue weighted by atomic mass is 79.9. The third kappa shape index (κ3) is 3.84. The number of likely N-dealkylation sites (tertiary alicyclic amines) is 1. The molecule has 1 saturated heterocycles. The van der Waals surface area contributed by atoms with Gasteiger partial charge in [0, 0.05) is 6.54 Å². The fourth-order valence-electron chi connectivity index (χ4n) is 2.83. The van der Waals surface area contributed by atoms with Crippen LogP contribution in [0.4, 0.5) is 0 Å². The summed E-state index contributed by atoms with van der Waals surface area (Å²) in [4.78, 5) is 14.6. The summed E-state index contributed by atoms with van der Waals surface area (Å²) in [6, 6.07) is 3.63. The molecule has 0 spiro atoms. The molecule has 0 unspecified atom stereocenters. The molecule has 0 atom stereocenters. The van der Waals surface area contributed by atoms with Gasteiger partial charge in [-0.25, -0.2) is 0 Å². The lowest BCUT2D eigenvalue weighted by molar-refractivity contribution is 0.0918. The van der Waals surface area contributed by atoms with Gasteiger partial charge in [-0.3, -0.25) is 14.4 Å². The molecular formula is C16H21BrN4O2. The molecule has 3 heterocycles. The van der Waals surface area contributed by atoms with Crippen LogP contribution in [-0.2, 0) is 19.6 Å². The molecule has 23 heavy (non-hydrogen) atoms. The first kappa shape index (κ1) is 16.3. The monoisotopic (exact) mass is 380 g/mol. The van der Waals surface area contributed by atoms with E-state index in [4.69, 9.17) is 4.42 Å². The zero-order chi connectivity index (χ0) is 16.2. The number of halogens is 1. The molecule has 3 rings (SSSR count). The van der Waals surface area contributed by atoms with E-state index < -0.39 is 0 Å². The standard InChI is InChI=1S/C16H21BrN4O2/c1-2-21-14(13(17)9-19-21)10-18-16(22)15-6-5-12(23-15)11-20-7-3-4-8-20/h5-6,9H,2-4,7-8,10-11H2,1H3,(H,18,22). The van der Waals surface area contributed by atoms with E-state index in [1.54, 1.807) is 12.3 Å². The van der Waals surface area contributed by atoms with Crippen LogP contribution in [0.3, 0.4) is 0 Å². The largest absolute Gasteiger partial charge is 0.455 e. The highest BCUT2D eigenvalue weighted by Crippen LogP contribution is 2.17. The van der Waals surface area contributed by atoms with Crippen LogP contribution in [0.15, 0.2) is 27.2 Å². The number of nitrogens with zero attached hydrogens (tertiary/aromatic N) is 3. The lowest BCUT2D eigenvalue weighted by Gasteiger charge is -2.11. The Bertz CT molecular complexity index is 673. The van der Waals surface area contributed by atoms with Gasteiger partial charge in [-0.15, -0.1) is 0 Å². The second-order valence-electron chi connectivity index (χ2n) is 5.69. The Labute approximate surface area is 144 Å². The first-order valence-electron chi connectivity index (χ1n) is 7.97. The van der Waals surface area contributed by atoms with E-state index in [0.717, 1.165) is 42.1 Å². The second-order valence-corrected chi connectivity index (χ2v) is 6.54. The van der Waals surface area contributed by atoms with Crippen molar-refractivity contribution >= 4 is 21.8 Å².